The van der Waals surface area contributed by atoms with Gasteiger partial charge in [0.05, 0.1) is 11.9 Å². The average molecular weight is 258 g/mol. The summed E-state index contributed by atoms with van der Waals surface area (Å²) in [7, 11) is 1.89. The minimum atomic E-state index is 0. The van der Waals surface area contributed by atoms with E-state index in [0.29, 0.717) is 6.54 Å². The molecule has 0 aliphatic carbocycles. The summed E-state index contributed by atoms with van der Waals surface area (Å²) in [5.41, 5.74) is 8.86. The number of nitrogens with two attached hydrogens (primary N) is 1. The van der Waals surface area contributed by atoms with Crippen LogP contribution in [0, 0.1) is 0 Å². The van der Waals surface area contributed by atoms with Crippen LogP contribution in [-0.2, 0) is 13.6 Å². The van der Waals surface area contributed by atoms with Crippen molar-refractivity contribution < 1.29 is 0 Å². The van der Waals surface area contributed by atoms with E-state index in [2.05, 4.69) is 5.10 Å². The fourth-order valence-electron chi connectivity index (χ4n) is 1.58. The molecule has 2 N–H and O–H groups in total. The van der Waals surface area contributed by atoms with Gasteiger partial charge in [0.25, 0.3) is 0 Å². The lowest BCUT2D eigenvalue weighted by atomic mass is 10.1. The highest BCUT2D eigenvalue weighted by Gasteiger charge is 2.08. The molecule has 0 bridgehead atoms. The van der Waals surface area contributed by atoms with Crippen LogP contribution in [0.5, 0.6) is 0 Å². The van der Waals surface area contributed by atoms with Crippen molar-refractivity contribution in [2.45, 2.75) is 6.54 Å². The maximum Gasteiger partial charge on any atom is 0.0594 e. The van der Waals surface area contributed by atoms with Gasteiger partial charge in [0.15, 0.2) is 0 Å². The Morgan fingerprint density at radius 3 is 2.50 bits per heavy atom. The first-order valence-electron chi connectivity index (χ1n) is 4.69. The number of halogens is 2. The fourth-order valence-corrected chi connectivity index (χ4v) is 1.70. The first-order valence-corrected chi connectivity index (χ1v) is 5.07. The van der Waals surface area contributed by atoms with Gasteiger partial charge in [-0.2, -0.15) is 5.10 Å². The monoisotopic (exact) mass is 257 g/mol. The van der Waals surface area contributed by atoms with Crippen LogP contribution in [0.15, 0.2) is 30.5 Å². The van der Waals surface area contributed by atoms with Crippen molar-refractivity contribution in [3.8, 4) is 11.1 Å². The summed E-state index contributed by atoms with van der Waals surface area (Å²) < 4.78 is 1.80. The summed E-state index contributed by atoms with van der Waals surface area (Å²) in [5.74, 6) is 0. The third-order valence-electron chi connectivity index (χ3n) is 2.41. The maximum atomic E-state index is 5.83. The normalized spacial score (nSPS) is 9.94. The van der Waals surface area contributed by atoms with Gasteiger partial charge >= 0.3 is 0 Å². The second-order valence-electron chi connectivity index (χ2n) is 3.34. The Labute approximate surface area is 106 Å². The van der Waals surface area contributed by atoms with Crippen LogP contribution in [-0.4, -0.2) is 9.78 Å². The highest BCUT2D eigenvalue weighted by Crippen LogP contribution is 2.24. The molecule has 0 saturated heterocycles. The largest absolute Gasteiger partial charge is 0.325 e. The topological polar surface area (TPSA) is 43.8 Å². The maximum absolute atomic E-state index is 5.83. The molecule has 86 valence electrons. The second-order valence-corrected chi connectivity index (χ2v) is 3.78. The van der Waals surface area contributed by atoms with Gasteiger partial charge in [0, 0.05) is 24.2 Å². The van der Waals surface area contributed by atoms with Crippen molar-refractivity contribution >= 4 is 24.0 Å². The van der Waals surface area contributed by atoms with Gasteiger partial charge in [0.1, 0.15) is 0 Å². The molecule has 0 saturated carbocycles. The van der Waals surface area contributed by atoms with Crippen LogP contribution in [0.1, 0.15) is 5.69 Å². The van der Waals surface area contributed by atoms with E-state index < -0.39 is 0 Å². The average Bonchev–Trinajstić information content (AvgIpc) is 2.61. The highest BCUT2D eigenvalue weighted by atomic mass is 35.5. The Bertz CT molecular complexity index is 463. The zero-order valence-electron chi connectivity index (χ0n) is 8.85. The molecule has 1 aromatic carbocycles. The van der Waals surface area contributed by atoms with Gasteiger partial charge < -0.3 is 5.73 Å². The molecule has 3 nitrogen and oxygen atoms in total. The lowest BCUT2D eigenvalue weighted by Crippen LogP contribution is -2.05. The minimum absolute atomic E-state index is 0. The molecule has 0 amide bonds. The van der Waals surface area contributed by atoms with Crippen LogP contribution >= 0.6 is 24.0 Å². The molecule has 0 unspecified atom stereocenters. The number of hydrogen-bond donors (Lipinski definition) is 1. The zero-order valence-corrected chi connectivity index (χ0v) is 10.4. The Kier molecular flexibility index (Phi) is 4.35. The summed E-state index contributed by atoms with van der Waals surface area (Å²) in [6.45, 7) is 0.481. The van der Waals surface area contributed by atoms with Gasteiger partial charge in [-0.25, -0.2) is 0 Å². The summed E-state index contributed by atoms with van der Waals surface area (Å²) in [5, 5.41) is 4.92. The Morgan fingerprint density at radius 1 is 1.31 bits per heavy atom. The molecule has 2 rings (SSSR count). The third kappa shape index (κ3) is 2.38. The molecule has 1 heterocycles. The molecule has 0 spiro atoms. The molecule has 5 heteroatoms. The molecule has 0 aliphatic heterocycles. The first kappa shape index (κ1) is 13.0. The second kappa shape index (κ2) is 5.34. The molecule has 1 aromatic heterocycles. The molecule has 0 radical (unpaired) electrons. The van der Waals surface area contributed by atoms with Gasteiger partial charge in [-0.15, -0.1) is 12.4 Å². The Morgan fingerprint density at radius 2 is 1.94 bits per heavy atom. The number of aromatic nitrogens is 2. The standard InChI is InChI=1S/C11H12ClN3.ClH/c1-15-11(6-13)10(7-14-15)8-2-4-9(12)5-3-8;/h2-5,7H,6,13H2,1H3;1H. The van der Waals surface area contributed by atoms with Crippen molar-refractivity contribution in [2.75, 3.05) is 0 Å². The van der Waals surface area contributed by atoms with Crippen LogP contribution < -0.4 is 5.73 Å². The zero-order chi connectivity index (χ0) is 10.8. The van der Waals surface area contributed by atoms with Crippen LogP contribution in [0.2, 0.25) is 5.02 Å². The van der Waals surface area contributed by atoms with Crippen LogP contribution in [0.4, 0.5) is 0 Å². The molecular weight excluding hydrogens is 245 g/mol. The molecule has 0 fully saturated rings. The number of nitrogens with zero attached hydrogens (tertiary/aromatic N) is 2. The number of aryl methyl sites for hydroxylation is 1. The highest BCUT2D eigenvalue weighted by molar-refractivity contribution is 6.30. The van der Waals surface area contributed by atoms with Gasteiger partial charge in [-0.1, -0.05) is 23.7 Å². The lowest BCUT2D eigenvalue weighted by molar-refractivity contribution is 0.713. The summed E-state index contributed by atoms with van der Waals surface area (Å²) >= 11 is 5.83. The van der Waals surface area contributed by atoms with E-state index in [-0.39, 0.29) is 12.4 Å². The summed E-state index contributed by atoms with van der Waals surface area (Å²) in [6, 6.07) is 7.67. The van der Waals surface area contributed by atoms with E-state index in [4.69, 9.17) is 17.3 Å². The Hall–Kier alpha value is -1.03. The number of benzene rings is 1. The Balaban J connectivity index is 0.00000128. The molecule has 2 aromatic rings. The minimum Gasteiger partial charge on any atom is -0.325 e. The van der Waals surface area contributed by atoms with E-state index in [1.54, 1.807) is 4.68 Å². The lowest BCUT2D eigenvalue weighted by Gasteiger charge is -2.03. The number of rotatable bonds is 2. The molecule has 0 aliphatic rings. The van der Waals surface area contributed by atoms with E-state index in [9.17, 15) is 0 Å². The van der Waals surface area contributed by atoms with Crippen LogP contribution in [0.25, 0.3) is 11.1 Å². The van der Waals surface area contributed by atoms with E-state index in [1.807, 2.05) is 37.5 Å². The van der Waals surface area contributed by atoms with Crippen molar-refractivity contribution in [3.63, 3.8) is 0 Å². The summed E-state index contributed by atoms with van der Waals surface area (Å²) in [4.78, 5) is 0. The van der Waals surface area contributed by atoms with E-state index >= 15 is 0 Å². The fraction of sp³-hybridized carbons (Fsp3) is 0.182. The van der Waals surface area contributed by atoms with E-state index in [0.717, 1.165) is 21.8 Å². The quantitative estimate of drug-likeness (QED) is 0.899. The van der Waals surface area contributed by atoms with Crippen molar-refractivity contribution in [2.24, 2.45) is 12.8 Å². The van der Waals surface area contributed by atoms with E-state index in [1.165, 1.54) is 0 Å². The third-order valence-corrected chi connectivity index (χ3v) is 2.66. The van der Waals surface area contributed by atoms with Gasteiger partial charge in [0.2, 0.25) is 0 Å². The predicted molar refractivity (Wildman–Crippen MR) is 68.8 cm³/mol. The SMILES string of the molecule is Cl.Cn1ncc(-c2ccc(Cl)cc2)c1CN. The smallest absolute Gasteiger partial charge is 0.0594 e. The van der Waals surface area contributed by atoms with Crippen molar-refractivity contribution in [1.29, 1.82) is 0 Å². The van der Waals surface area contributed by atoms with Crippen LogP contribution in [0.3, 0.4) is 0 Å². The predicted octanol–water partition coefficient (Wildman–Crippen LogP) is 2.62. The van der Waals surface area contributed by atoms with Crippen molar-refractivity contribution in [3.05, 3.63) is 41.2 Å². The summed E-state index contributed by atoms with van der Waals surface area (Å²) in [6.07, 6.45) is 1.82. The number of hydrogen-bond acceptors (Lipinski definition) is 2. The first-order chi connectivity index (χ1) is 7.22. The van der Waals surface area contributed by atoms with Crippen molar-refractivity contribution in [1.82, 2.24) is 9.78 Å². The van der Waals surface area contributed by atoms with Gasteiger partial charge in [-0.05, 0) is 17.7 Å². The molecule has 0 atom stereocenters. The van der Waals surface area contributed by atoms with Gasteiger partial charge in [-0.3, -0.25) is 4.68 Å². The molecule has 16 heavy (non-hydrogen) atoms. The molecular formula is C11H13Cl2N3.